The van der Waals surface area contributed by atoms with E-state index < -0.39 is 11.3 Å². The lowest BCUT2D eigenvalue weighted by Gasteiger charge is -1.70. The van der Waals surface area contributed by atoms with E-state index in [4.69, 9.17) is 4.17 Å². The van der Waals surface area contributed by atoms with E-state index in [9.17, 15) is 4.79 Å². The Labute approximate surface area is 42.2 Å². The smallest absolute Gasteiger partial charge is 0.314 e. The van der Waals surface area contributed by atoms with Crippen molar-refractivity contribution in [2.75, 3.05) is 5.28 Å². The van der Waals surface area contributed by atoms with Gasteiger partial charge in [0.2, 0.25) is 0 Å². The average molecular weight is 144 g/mol. The van der Waals surface area contributed by atoms with Gasteiger partial charge in [0.1, 0.15) is 5.28 Å². The molecule has 0 unspecified atom stereocenters. The zero-order chi connectivity index (χ0) is 6.78. The fourth-order valence-corrected chi connectivity index (χ4v) is 0. The van der Waals surface area contributed by atoms with Crippen molar-refractivity contribution < 1.29 is 12.6 Å². The van der Waals surface area contributed by atoms with Crippen LogP contribution in [0.15, 0.2) is 0 Å². The molecule has 0 aliphatic carbocycles. The molecular formula is C2H3BrO2. The second-order valence-electron chi connectivity index (χ2n) is 0.382. The minimum atomic E-state index is -2.23. The van der Waals surface area contributed by atoms with Crippen LogP contribution in [-0.2, 0) is 4.79 Å². The zero-order valence-corrected chi connectivity index (χ0v) is 3.78. The van der Waals surface area contributed by atoms with E-state index in [1.54, 1.807) is 0 Å². The van der Waals surface area contributed by atoms with Crippen molar-refractivity contribution >= 4 is 21.9 Å². The molecular weight excluding hydrogens is 138 g/mol. The lowest BCUT2D eigenvalue weighted by Crippen LogP contribution is -1.92. The van der Waals surface area contributed by atoms with Crippen LogP contribution >= 0.6 is 15.9 Å². The van der Waals surface area contributed by atoms with Gasteiger partial charge < -0.3 is 5.11 Å². The van der Waals surface area contributed by atoms with Crippen molar-refractivity contribution in [2.24, 2.45) is 0 Å². The Morgan fingerprint density at radius 1 is 2.60 bits per heavy atom. The highest BCUT2D eigenvalue weighted by atomic mass is 79.9. The van der Waals surface area contributed by atoms with E-state index in [1.165, 1.54) is 0 Å². The number of hydrogen-bond donors (Lipinski definition) is 1. The molecule has 0 aromatic carbocycles. The van der Waals surface area contributed by atoms with Gasteiger partial charge in [-0.3, -0.25) is 4.79 Å². The first-order valence-electron chi connectivity index (χ1n) is 2.26. The van der Waals surface area contributed by atoms with Crippen LogP contribution in [0.3, 0.4) is 0 Å². The molecule has 2 nitrogen and oxygen atoms in total. The van der Waals surface area contributed by atoms with E-state index in [0.717, 1.165) is 0 Å². The van der Waals surface area contributed by atoms with Crippen molar-refractivity contribution in [2.45, 2.75) is 0 Å². The number of alkyl halides is 1. The van der Waals surface area contributed by atoms with E-state index in [1.807, 2.05) is 0 Å². The molecule has 0 atom stereocenters. The molecule has 0 aromatic rings. The predicted octanol–water partition coefficient (Wildman–Crippen LogP) is 0.466. The Hall–Kier alpha value is -0.0500. The molecule has 30 valence electrons. The average Bonchev–Trinajstić information content (AvgIpc) is 1.62. The van der Waals surface area contributed by atoms with Crippen LogP contribution < -0.4 is 0 Å². The van der Waals surface area contributed by atoms with Crippen molar-refractivity contribution in [1.82, 2.24) is 0 Å². The maximum atomic E-state index is 10.0. The summed E-state index contributed by atoms with van der Waals surface area (Å²) in [5.41, 5.74) is 0. The minimum absolute atomic E-state index is 1.25. The van der Waals surface area contributed by atoms with Crippen molar-refractivity contribution in [3.63, 3.8) is 0 Å². The number of carboxylic acid groups (broad SMARTS) is 1. The molecule has 0 rings (SSSR count). The van der Waals surface area contributed by atoms with Gasteiger partial charge >= 0.3 is 5.97 Å². The maximum Gasteiger partial charge on any atom is 0.314 e. The summed E-state index contributed by atoms with van der Waals surface area (Å²) in [4.78, 5) is 10.0. The van der Waals surface area contributed by atoms with Crippen LogP contribution in [-0.4, -0.2) is 16.4 Å². The number of halogens is 1. The number of rotatable bonds is 1. The van der Waals surface area contributed by atoms with E-state index in [-0.39, 0.29) is 0 Å². The molecule has 0 bridgehead atoms. The molecule has 0 aromatic heterocycles. The zero-order valence-electron chi connectivity index (χ0n) is 5.19. The van der Waals surface area contributed by atoms with Gasteiger partial charge in [-0.2, -0.15) is 0 Å². The van der Waals surface area contributed by atoms with Crippen molar-refractivity contribution in [1.29, 1.82) is 1.43 Å². The lowest BCUT2D eigenvalue weighted by atomic mass is 11.8. The SMILES string of the molecule is [2H]O[13C](=O)[13C]([2H])([2H])Br. The Balaban J connectivity index is 3.82. The van der Waals surface area contributed by atoms with Gasteiger partial charge in [-0.25, -0.2) is 0 Å². The van der Waals surface area contributed by atoms with Crippen LogP contribution in [0.5, 0.6) is 0 Å². The molecule has 0 radical (unpaired) electrons. The first kappa shape index (κ1) is 1.60. The highest BCUT2D eigenvalue weighted by molar-refractivity contribution is 9.09. The molecule has 1 N–H and O–H groups in total. The Morgan fingerprint density at radius 3 is 3.20 bits per heavy atom. The largest absolute Gasteiger partial charge is 0.481 e. The van der Waals surface area contributed by atoms with Gasteiger partial charge in [0.15, 0.2) is 0 Å². The summed E-state index contributed by atoms with van der Waals surface area (Å²) in [7, 11) is 0. The number of carboxylic acids is 1. The topological polar surface area (TPSA) is 37.3 Å². The molecule has 0 spiro atoms. The Morgan fingerprint density at radius 2 is 3.20 bits per heavy atom. The molecule has 0 aliphatic rings. The van der Waals surface area contributed by atoms with Gasteiger partial charge in [0.25, 0.3) is 1.43 Å². The standard InChI is InChI=1S/C2H3BrO2/c3-1-2(4)5/h1H2,(H,4,5)/i1+1D2,2+1/hD. The number of hydrogen-bond acceptors (Lipinski definition) is 2. The fourth-order valence-electron chi connectivity index (χ4n) is 0. The third-order valence-electron chi connectivity index (χ3n) is 0.0772. The van der Waals surface area contributed by atoms with Gasteiger partial charge in [0.05, 0.1) is 2.74 Å². The van der Waals surface area contributed by atoms with Crippen LogP contribution in [0.4, 0.5) is 0 Å². The lowest BCUT2D eigenvalue weighted by molar-refractivity contribution is -0.133. The molecule has 0 saturated carbocycles. The van der Waals surface area contributed by atoms with E-state index in [0.29, 0.717) is 0 Å². The number of carbonyl (C=O) groups is 1. The maximum absolute atomic E-state index is 10.0. The first-order chi connectivity index (χ1) is 3.48. The molecule has 0 saturated heterocycles. The predicted molar refractivity (Wildman–Crippen MR) is 21.4 cm³/mol. The normalized spacial score (nSPS) is 18.2. The quantitative estimate of drug-likeness (QED) is 0.428. The number of aliphatic carboxylic acids is 1. The van der Waals surface area contributed by atoms with E-state index in [2.05, 4.69) is 21.0 Å². The minimum Gasteiger partial charge on any atom is -0.481 e. The van der Waals surface area contributed by atoms with Crippen LogP contribution in [0.1, 0.15) is 2.74 Å². The van der Waals surface area contributed by atoms with Gasteiger partial charge in [-0.1, -0.05) is 15.9 Å². The van der Waals surface area contributed by atoms with Crippen LogP contribution in [0.25, 0.3) is 1.43 Å². The van der Waals surface area contributed by atoms with Gasteiger partial charge in [0, 0.05) is 0 Å². The monoisotopic (exact) mass is 143 g/mol. The third kappa shape index (κ3) is 3.95. The highest BCUT2D eigenvalue weighted by Gasteiger charge is 1.83. The summed E-state index contributed by atoms with van der Waals surface area (Å²) in [5.74, 6) is -1.25. The van der Waals surface area contributed by atoms with Crippen molar-refractivity contribution in [3.05, 3.63) is 0 Å². The Kier molecular flexibility index (Phi) is 0.705. The van der Waals surface area contributed by atoms with Gasteiger partial charge in [-0.15, -0.1) is 0 Å². The molecule has 0 aliphatic heterocycles. The highest BCUT2D eigenvalue weighted by Crippen LogP contribution is 1.73. The van der Waals surface area contributed by atoms with E-state index >= 15 is 0 Å². The second kappa shape index (κ2) is 2.20. The summed E-state index contributed by atoms with van der Waals surface area (Å²) >= 11 is 2.34. The molecule has 0 fully saturated rings. The van der Waals surface area contributed by atoms with Crippen LogP contribution in [0.2, 0.25) is 0 Å². The van der Waals surface area contributed by atoms with Crippen LogP contribution in [0, 0.1) is 0 Å². The molecule has 0 heterocycles. The molecule has 3 heteroatoms. The Bertz CT molecular complexity index is 97.9. The summed E-state index contributed by atoms with van der Waals surface area (Å²) in [6.45, 7) is 0. The third-order valence-corrected chi connectivity index (χ3v) is 0.401. The molecule has 5 heavy (non-hydrogen) atoms. The fraction of sp³-hybridized carbons (Fsp3) is 0.500. The van der Waals surface area contributed by atoms with Crippen molar-refractivity contribution in [3.8, 4) is 0 Å². The second-order valence-corrected chi connectivity index (χ2v) is 0.778. The summed E-state index contributed by atoms with van der Waals surface area (Å²) < 4.78 is 19.0. The summed E-state index contributed by atoms with van der Waals surface area (Å²) in [5, 5.41) is 1.08. The summed E-state index contributed by atoms with van der Waals surface area (Å²) in [6, 6.07) is 0. The van der Waals surface area contributed by atoms with Gasteiger partial charge in [-0.05, 0) is 0 Å². The first-order valence-corrected chi connectivity index (χ1v) is 1.64. The molecule has 0 amide bonds. The summed E-state index contributed by atoms with van der Waals surface area (Å²) in [6.07, 6.45) is 0.